The Balaban J connectivity index is 1.79. The van der Waals surface area contributed by atoms with Crippen LogP contribution in [-0.4, -0.2) is 48.3 Å². The second kappa shape index (κ2) is 10.7. The van der Waals surface area contributed by atoms with Gasteiger partial charge in [0.2, 0.25) is 0 Å². The SMILES string of the molecule is CCOC(=O)c1[nH]c(C)c(C(=O)OCC(=O)NCCSc2ccc(C)cc2)c1C. The van der Waals surface area contributed by atoms with E-state index < -0.39 is 11.9 Å². The van der Waals surface area contributed by atoms with Gasteiger partial charge in [0.1, 0.15) is 5.69 Å². The number of aromatic amines is 1. The van der Waals surface area contributed by atoms with Crippen molar-refractivity contribution in [2.45, 2.75) is 32.6 Å². The quantitative estimate of drug-likeness (QED) is 0.369. The van der Waals surface area contributed by atoms with Crippen LogP contribution in [0.15, 0.2) is 29.2 Å². The summed E-state index contributed by atoms with van der Waals surface area (Å²) in [4.78, 5) is 40.2. The Bertz CT molecular complexity index is 874. The van der Waals surface area contributed by atoms with Crippen LogP contribution in [0.3, 0.4) is 0 Å². The summed E-state index contributed by atoms with van der Waals surface area (Å²) >= 11 is 1.64. The van der Waals surface area contributed by atoms with Crippen LogP contribution in [-0.2, 0) is 14.3 Å². The molecule has 2 N–H and O–H groups in total. The number of hydrogen-bond donors (Lipinski definition) is 2. The van der Waals surface area contributed by atoms with Gasteiger partial charge in [-0.2, -0.15) is 0 Å². The molecule has 0 aliphatic heterocycles. The minimum Gasteiger partial charge on any atom is -0.461 e. The van der Waals surface area contributed by atoms with Gasteiger partial charge >= 0.3 is 11.9 Å². The molecule has 0 saturated heterocycles. The van der Waals surface area contributed by atoms with Gasteiger partial charge in [0.05, 0.1) is 12.2 Å². The van der Waals surface area contributed by atoms with E-state index in [1.807, 2.05) is 31.2 Å². The first-order chi connectivity index (χ1) is 13.8. The number of aryl methyl sites for hydroxylation is 2. The Kier molecular flexibility index (Phi) is 8.33. The number of aromatic nitrogens is 1. The third-order valence-corrected chi connectivity index (χ3v) is 5.18. The van der Waals surface area contributed by atoms with Crippen molar-refractivity contribution < 1.29 is 23.9 Å². The zero-order valence-electron chi connectivity index (χ0n) is 17.1. The van der Waals surface area contributed by atoms with Gasteiger partial charge in [-0.1, -0.05) is 17.7 Å². The standard InChI is InChI=1S/C21H26N2O5S/c1-5-27-21(26)19-14(3)18(15(4)23-19)20(25)28-12-17(24)22-10-11-29-16-8-6-13(2)7-9-16/h6-9,23H,5,10-12H2,1-4H3,(H,22,24). The second-order valence-corrected chi connectivity index (χ2v) is 7.60. The summed E-state index contributed by atoms with van der Waals surface area (Å²) in [5.41, 5.74) is 2.60. The van der Waals surface area contributed by atoms with Gasteiger partial charge in [-0.3, -0.25) is 4.79 Å². The van der Waals surface area contributed by atoms with E-state index in [9.17, 15) is 14.4 Å². The first-order valence-corrected chi connectivity index (χ1v) is 10.3. The highest BCUT2D eigenvalue weighted by atomic mass is 32.2. The van der Waals surface area contributed by atoms with Crippen LogP contribution in [0.1, 0.15) is 44.6 Å². The summed E-state index contributed by atoms with van der Waals surface area (Å²) < 4.78 is 10.1. The molecule has 7 nitrogen and oxygen atoms in total. The Morgan fingerprint density at radius 1 is 1.03 bits per heavy atom. The molecular formula is C21H26N2O5S. The van der Waals surface area contributed by atoms with E-state index in [2.05, 4.69) is 10.3 Å². The number of benzene rings is 1. The van der Waals surface area contributed by atoms with E-state index in [-0.39, 0.29) is 30.4 Å². The highest BCUT2D eigenvalue weighted by molar-refractivity contribution is 7.99. The lowest BCUT2D eigenvalue weighted by atomic mass is 10.1. The molecule has 0 unspecified atom stereocenters. The molecule has 2 rings (SSSR count). The normalized spacial score (nSPS) is 10.5. The summed E-state index contributed by atoms with van der Waals surface area (Å²) in [5.74, 6) is -0.854. The molecule has 0 fully saturated rings. The van der Waals surface area contributed by atoms with E-state index in [1.54, 1.807) is 32.5 Å². The van der Waals surface area contributed by atoms with Crippen molar-refractivity contribution in [3.05, 3.63) is 52.3 Å². The Hall–Kier alpha value is -2.74. The van der Waals surface area contributed by atoms with Crippen LogP contribution in [0.2, 0.25) is 0 Å². The predicted octanol–water partition coefficient (Wildman–Crippen LogP) is 3.18. The Morgan fingerprint density at radius 2 is 1.72 bits per heavy atom. The van der Waals surface area contributed by atoms with E-state index in [1.165, 1.54) is 5.56 Å². The number of nitrogens with one attached hydrogen (secondary N) is 2. The van der Waals surface area contributed by atoms with Crippen molar-refractivity contribution >= 4 is 29.6 Å². The molecule has 0 aliphatic rings. The summed E-state index contributed by atoms with van der Waals surface area (Å²) in [7, 11) is 0. The van der Waals surface area contributed by atoms with E-state index >= 15 is 0 Å². The average Bonchev–Trinajstić information content (AvgIpc) is 2.99. The topological polar surface area (TPSA) is 97.5 Å². The van der Waals surface area contributed by atoms with Gasteiger partial charge in [0, 0.05) is 22.9 Å². The molecular weight excluding hydrogens is 392 g/mol. The fourth-order valence-electron chi connectivity index (χ4n) is 2.71. The van der Waals surface area contributed by atoms with Gasteiger partial charge in [0.25, 0.3) is 5.91 Å². The summed E-state index contributed by atoms with van der Waals surface area (Å²) in [5, 5.41) is 2.72. The highest BCUT2D eigenvalue weighted by Crippen LogP contribution is 2.20. The minimum atomic E-state index is -0.657. The number of hydrogen-bond acceptors (Lipinski definition) is 6. The van der Waals surface area contributed by atoms with Crippen LogP contribution >= 0.6 is 11.8 Å². The largest absolute Gasteiger partial charge is 0.461 e. The fourth-order valence-corrected chi connectivity index (χ4v) is 3.48. The van der Waals surface area contributed by atoms with Crippen molar-refractivity contribution in [1.29, 1.82) is 0 Å². The predicted molar refractivity (Wildman–Crippen MR) is 111 cm³/mol. The maximum absolute atomic E-state index is 12.3. The number of thioether (sulfide) groups is 1. The third kappa shape index (κ3) is 6.39. The molecule has 0 aliphatic carbocycles. The number of carbonyl (C=O) groups excluding carboxylic acids is 3. The number of ether oxygens (including phenoxy) is 2. The second-order valence-electron chi connectivity index (χ2n) is 6.43. The zero-order chi connectivity index (χ0) is 21.4. The van der Waals surface area contributed by atoms with Crippen molar-refractivity contribution in [3.63, 3.8) is 0 Å². The summed E-state index contributed by atoms with van der Waals surface area (Å²) in [6.07, 6.45) is 0. The number of carbonyl (C=O) groups is 3. The molecule has 0 atom stereocenters. The van der Waals surface area contributed by atoms with E-state index in [0.29, 0.717) is 23.6 Å². The summed E-state index contributed by atoms with van der Waals surface area (Å²) in [6.45, 7) is 7.35. The highest BCUT2D eigenvalue weighted by Gasteiger charge is 2.24. The van der Waals surface area contributed by atoms with Gasteiger partial charge in [-0.05, 0) is 45.4 Å². The Labute approximate surface area is 174 Å². The number of H-pyrrole nitrogens is 1. The number of esters is 2. The molecule has 1 aromatic heterocycles. The van der Waals surface area contributed by atoms with Crippen LogP contribution in [0.5, 0.6) is 0 Å². The average molecular weight is 419 g/mol. The maximum atomic E-state index is 12.3. The van der Waals surface area contributed by atoms with Crippen LogP contribution < -0.4 is 5.32 Å². The van der Waals surface area contributed by atoms with E-state index in [0.717, 1.165) is 4.90 Å². The molecule has 0 spiro atoms. The summed E-state index contributed by atoms with van der Waals surface area (Å²) in [6, 6.07) is 8.16. The van der Waals surface area contributed by atoms with Crippen molar-refractivity contribution in [3.8, 4) is 0 Å². The molecule has 1 heterocycles. The molecule has 1 amide bonds. The van der Waals surface area contributed by atoms with Crippen molar-refractivity contribution in [2.75, 3.05) is 25.5 Å². The molecule has 156 valence electrons. The monoisotopic (exact) mass is 418 g/mol. The lowest BCUT2D eigenvalue weighted by molar-refractivity contribution is -0.124. The van der Waals surface area contributed by atoms with Crippen LogP contribution in [0, 0.1) is 20.8 Å². The van der Waals surface area contributed by atoms with Gasteiger partial charge < -0.3 is 19.8 Å². The van der Waals surface area contributed by atoms with Crippen molar-refractivity contribution in [2.24, 2.45) is 0 Å². The smallest absolute Gasteiger partial charge is 0.355 e. The Morgan fingerprint density at radius 3 is 2.38 bits per heavy atom. The molecule has 2 aromatic rings. The molecule has 1 aromatic carbocycles. The number of rotatable bonds is 9. The van der Waals surface area contributed by atoms with Crippen LogP contribution in [0.25, 0.3) is 0 Å². The van der Waals surface area contributed by atoms with Gasteiger partial charge in [-0.25, -0.2) is 9.59 Å². The lowest BCUT2D eigenvalue weighted by Crippen LogP contribution is -2.30. The molecule has 0 bridgehead atoms. The first-order valence-electron chi connectivity index (χ1n) is 9.33. The van der Waals surface area contributed by atoms with Crippen LogP contribution in [0.4, 0.5) is 0 Å². The van der Waals surface area contributed by atoms with E-state index in [4.69, 9.17) is 9.47 Å². The van der Waals surface area contributed by atoms with Crippen molar-refractivity contribution in [1.82, 2.24) is 10.3 Å². The maximum Gasteiger partial charge on any atom is 0.355 e. The first kappa shape index (κ1) is 22.5. The van der Waals surface area contributed by atoms with Gasteiger partial charge in [0.15, 0.2) is 6.61 Å². The zero-order valence-corrected chi connectivity index (χ0v) is 17.9. The molecule has 0 radical (unpaired) electrons. The third-order valence-electron chi connectivity index (χ3n) is 4.17. The molecule has 29 heavy (non-hydrogen) atoms. The molecule has 8 heteroatoms. The number of amides is 1. The minimum absolute atomic E-state index is 0.217. The lowest BCUT2D eigenvalue weighted by Gasteiger charge is -2.07. The molecule has 0 saturated carbocycles. The fraction of sp³-hybridized carbons (Fsp3) is 0.381. The van der Waals surface area contributed by atoms with Gasteiger partial charge in [-0.15, -0.1) is 11.8 Å².